The number of nitrogens with one attached hydrogen (secondary N) is 1. The standard InChI is InChI=1S/C20H20N2O3.H2S/c23-18(21-25)15-6-7-16-11-20(12-17(16)10-15)8-9-22(19(20)24)13-14-4-2-1-3-5-14;/h1-7,10,25H,8-9,11-13H2,(H,21,23);1H2/t20-;/m0./s1. The van der Waals surface area contributed by atoms with E-state index in [1.54, 1.807) is 17.6 Å². The number of rotatable bonds is 3. The number of hydroxylamine groups is 1. The first-order valence-electron chi connectivity index (χ1n) is 8.51. The van der Waals surface area contributed by atoms with E-state index in [0.717, 1.165) is 36.1 Å². The van der Waals surface area contributed by atoms with Crippen LogP contribution in [0.4, 0.5) is 0 Å². The van der Waals surface area contributed by atoms with Crippen LogP contribution >= 0.6 is 13.5 Å². The fraction of sp³-hybridized carbons (Fsp3) is 0.300. The molecule has 0 aromatic heterocycles. The molecule has 4 rings (SSSR count). The van der Waals surface area contributed by atoms with Gasteiger partial charge in [-0.15, -0.1) is 0 Å². The molecule has 2 aromatic carbocycles. The van der Waals surface area contributed by atoms with Gasteiger partial charge >= 0.3 is 0 Å². The molecule has 5 nitrogen and oxygen atoms in total. The second-order valence-corrected chi connectivity index (χ2v) is 7.02. The molecule has 136 valence electrons. The predicted molar refractivity (Wildman–Crippen MR) is 102 cm³/mol. The van der Waals surface area contributed by atoms with Crippen molar-refractivity contribution >= 4 is 25.3 Å². The lowest BCUT2D eigenvalue weighted by molar-refractivity contribution is -0.136. The van der Waals surface area contributed by atoms with E-state index in [2.05, 4.69) is 0 Å². The number of nitrogens with zero attached hydrogens (tertiary/aromatic N) is 1. The fourth-order valence-electron chi connectivity index (χ4n) is 4.14. The number of hydrogen-bond donors (Lipinski definition) is 2. The molecule has 0 bridgehead atoms. The molecular formula is C20H22N2O3S. The normalized spacial score (nSPS) is 20.8. The third-order valence-electron chi connectivity index (χ3n) is 5.45. The van der Waals surface area contributed by atoms with Gasteiger partial charge in [0.05, 0.1) is 5.41 Å². The van der Waals surface area contributed by atoms with E-state index in [1.165, 1.54) is 0 Å². The van der Waals surface area contributed by atoms with E-state index in [-0.39, 0.29) is 24.8 Å². The average Bonchev–Trinajstić information content (AvgIpc) is 3.16. The van der Waals surface area contributed by atoms with Gasteiger partial charge in [-0.25, -0.2) is 5.48 Å². The zero-order chi connectivity index (χ0) is 17.4. The largest absolute Gasteiger partial charge is 0.338 e. The van der Waals surface area contributed by atoms with Gasteiger partial charge in [-0.05, 0) is 48.1 Å². The highest BCUT2D eigenvalue weighted by atomic mass is 32.1. The topological polar surface area (TPSA) is 69.6 Å². The summed E-state index contributed by atoms with van der Waals surface area (Å²) in [5.41, 5.74) is 5.02. The molecular weight excluding hydrogens is 348 g/mol. The van der Waals surface area contributed by atoms with Crippen molar-refractivity contribution in [3.63, 3.8) is 0 Å². The van der Waals surface area contributed by atoms with Gasteiger partial charge in [0.15, 0.2) is 0 Å². The van der Waals surface area contributed by atoms with Crippen molar-refractivity contribution in [2.75, 3.05) is 6.54 Å². The lowest BCUT2D eigenvalue weighted by Gasteiger charge is -2.22. The molecule has 2 aliphatic rings. The zero-order valence-electron chi connectivity index (χ0n) is 14.4. The summed E-state index contributed by atoms with van der Waals surface area (Å²) >= 11 is 0. The van der Waals surface area contributed by atoms with E-state index < -0.39 is 5.91 Å². The van der Waals surface area contributed by atoms with E-state index in [1.807, 2.05) is 41.3 Å². The van der Waals surface area contributed by atoms with Gasteiger partial charge in [0.2, 0.25) is 5.91 Å². The Labute approximate surface area is 159 Å². The van der Waals surface area contributed by atoms with Crippen molar-refractivity contribution in [1.29, 1.82) is 0 Å². The van der Waals surface area contributed by atoms with Crippen LogP contribution in [0.15, 0.2) is 48.5 Å². The van der Waals surface area contributed by atoms with Crippen LogP contribution < -0.4 is 5.48 Å². The van der Waals surface area contributed by atoms with Crippen molar-refractivity contribution < 1.29 is 14.8 Å². The number of carbonyl (C=O) groups is 2. The highest BCUT2D eigenvalue weighted by molar-refractivity contribution is 7.59. The summed E-state index contributed by atoms with van der Waals surface area (Å²) in [6, 6.07) is 15.4. The van der Waals surface area contributed by atoms with Crippen LogP contribution in [0.3, 0.4) is 0 Å². The van der Waals surface area contributed by atoms with Gasteiger partial charge in [0, 0.05) is 18.7 Å². The summed E-state index contributed by atoms with van der Waals surface area (Å²) in [6.07, 6.45) is 2.24. The minimum Gasteiger partial charge on any atom is -0.338 e. The Morgan fingerprint density at radius 1 is 1.12 bits per heavy atom. The molecule has 0 unspecified atom stereocenters. The smallest absolute Gasteiger partial charge is 0.274 e. The highest BCUT2D eigenvalue weighted by Crippen LogP contribution is 2.45. The van der Waals surface area contributed by atoms with Gasteiger partial charge in [0.1, 0.15) is 0 Å². The molecule has 0 radical (unpaired) electrons. The quantitative estimate of drug-likeness (QED) is 0.644. The van der Waals surface area contributed by atoms with Gasteiger partial charge in [0.25, 0.3) is 5.91 Å². The van der Waals surface area contributed by atoms with Crippen LogP contribution in [-0.4, -0.2) is 28.5 Å². The Kier molecular flexibility index (Phi) is 5.07. The van der Waals surface area contributed by atoms with Crippen molar-refractivity contribution in [3.8, 4) is 0 Å². The second-order valence-electron chi connectivity index (χ2n) is 7.02. The lowest BCUT2D eigenvalue weighted by atomic mass is 9.83. The maximum Gasteiger partial charge on any atom is 0.274 e. The van der Waals surface area contributed by atoms with Crippen molar-refractivity contribution in [2.24, 2.45) is 5.41 Å². The number of benzene rings is 2. The Balaban J connectivity index is 0.00000196. The molecule has 1 saturated heterocycles. The molecule has 1 heterocycles. The maximum absolute atomic E-state index is 13.1. The number of fused-ring (bicyclic) bond motifs is 1. The van der Waals surface area contributed by atoms with E-state index in [0.29, 0.717) is 18.5 Å². The number of likely N-dealkylation sites (tertiary alicyclic amines) is 1. The molecule has 1 fully saturated rings. The average molecular weight is 370 g/mol. The van der Waals surface area contributed by atoms with Crippen LogP contribution in [0, 0.1) is 5.41 Å². The zero-order valence-corrected chi connectivity index (χ0v) is 15.4. The van der Waals surface area contributed by atoms with Gasteiger partial charge in [-0.3, -0.25) is 14.8 Å². The Morgan fingerprint density at radius 3 is 2.58 bits per heavy atom. The Bertz CT molecular complexity index is 840. The predicted octanol–water partition coefficient (Wildman–Crippen LogP) is 2.44. The van der Waals surface area contributed by atoms with Crippen LogP contribution in [0.5, 0.6) is 0 Å². The maximum atomic E-state index is 13.1. The first-order valence-corrected chi connectivity index (χ1v) is 8.51. The van der Waals surface area contributed by atoms with Gasteiger partial charge in [-0.1, -0.05) is 36.4 Å². The highest BCUT2D eigenvalue weighted by Gasteiger charge is 2.49. The van der Waals surface area contributed by atoms with Crippen LogP contribution in [-0.2, 0) is 24.2 Å². The molecule has 6 heteroatoms. The third kappa shape index (κ3) is 3.10. The van der Waals surface area contributed by atoms with E-state index >= 15 is 0 Å². The molecule has 1 atom stereocenters. The summed E-state index contributed by atoms with van der Waals surface area (Å²) in [7, 11) is 0. The monoisotopic (exact) mass is 370 g/mol. The third-order valence-corrected chi connectivity index (χ3v) is 5.45. The number of amides is 2. The fourth-order valence-corrected chi connectivity index (χ4v) is 4.14. The first-order chi connectivity index (χ1) is 12.1. The summed E-state index contributed by atoms with van der Waals surface area (Å²) in [5.74, 6) is -0.312. The lowest BCUT2D eigenvalue weighted by Crippen LogP contribution is -2.34. The first kappa shape index (κ1) is 18.5. The molecule has 26 heavy (non-hydrogen) atoms. The second kappa shape index (κ2) is 7.13. The summed E-state index contributed by atoms with van der Waals surface area (Å²) in [4.78, 5) is 26.6. The molecule has 1 aliphatic carbocycles. The summed E-state index contributed by atoms with van der Waals surface area (Å²) in [6.45, 7) is 1.42. The van der Waals surface area contributed by atoms with E-state index in [4.69, 9.17) is 5.21 Å². The van der Waals surface area contributed by atoms with Crippen molar-refractivity contribution in [2.45, 2.75) is 25.8 Å². The Hall–Kier alpha value is -2.31. The minimum atomic E-state index is -0.521. The van der Waals surface area contributed by atoms with Crippen LogP contribution in [0.1, 0.15) is 33.5 Å². The SMILES string of the molecule is O=C(NO)c1ccc2c(c1)C[C@]1(CCN(Cc3ccccc3)C1=O)C2.S. The molecule has 2 amide bonds. The molecule has 2 N–H and O–H groups in total. The Morgan fingerprint density at radius 2 is 1.85 bits per heavy atom. The van der Waals surface area contributed by atoms with Crippen LogP contribution in [0.25, 0.3) is 0 Å². The molecule has 2 aromatic rings. The van der Waals surface area contributed by atoms with Crippen LogP contribution in [0.2, 0.25) is 0 Å². The number of carbonyl (C=O) groups excluding carboxylic acids is 2. The van der Waals surface area contributed by atoms with Crippen molar-refractivity contribution in [1.82, 2.24) is 10.4 Å². The number of hydrogen-bond acceptors (Lipinski definition) is 3. The van der Waals surface area contributed by atoms with Gasteiger partial charge in [-0.2, -0.15) is 13.5 Å². The van der Waals surface area contributed by atoms with Gasteiger partial charge < -0.3 is 4.90 Å². The molecule has 1 spiro atoms. The molecule has 1 aliphatic heterocycles. The summed E-state index contributed by atoms with van der Waals surface area (Å²) in [5, 5.41) is 8.80. The minimum absolute atomic E-state index is 0. The van der Waals surface area contributed by atoms with E-state index in [9.17, 15) is 9.59 Å². The summed E-state index contributed by atoms with van der Waals surface area (Å²) < 4.78 is 0. The van der Waals surface area contributed by atoms with Crippen molar-refractivity contribution in [3.05, 3.63) is 70.8 Å². The molecule has 0 saturated carbocycles.